The van der Waals surface area contributed by atoms with Crippen molar-refractivity contribution in [3.8, 4) is 0 Å². The number of aromatic nitrogens is 1. The van der Waals surface area contributed by atoms with Crippen LogP contribution in [-0.4, -0.2) is 29.8 Å². The third-order valence-electron chi connectivity index (χ3n) is 3.25. The fraction of sp³-hybridized carbons (Fsp3) is 0.0714. The second-order valence-corrected chi connectivity index (χ2v) is 7.74. The number of para-hydroxylation sites is 2. The average molecular weight is 364 g/mol. The minimum atomic E-state index is -4.14. The number of nitrogens with zero attached hydrogens (tertiary/aromatic N) is 3. The lowest BCUT2D eigenvalue weighted by molar-refractivity contribution is -0.387. The van der Waals surface area contributed by atoms with Crippen molar-refractivity contribution >= 4 is 37.3 Å². The number of hydrogen-bond donors (Lipinski definition) is 1. The van der Waals surface area contributed by atoms with Crippen LogP contribution in [0.15, 0.2) is 58.5 Å². The number of nitrogens with one attached hydrogen (secondary N) is 1. The molecule has 0 amide bonds. The van der Waals surface area contributed by atoms with Crippen molar-refractivity contribution in [3.05, 3.63) is 63.4 Å². The first kappa shape index (κ1) is 16.1. The minimum Gasteiger partial charge on any atom is -0.329 e. The molecule has 0 bridgehead atoms. The first-order valence-corrected chi connectivity index (χ1v) is 9.00. The van der Waals surface area contributed by atoms with E-state index in [9.17, 15) is 18.5 Å². The number of fused-ring (bicyclic) bond motifs is 1. The molecular formula is C14H12N4O4S2. The summed E-state index contributed by atoms with van der Waals surface area (Å²) in [6.45, 7) is 0. The van der Waals surface area contributed by atoms with Gasteiger partial charge in [0.05, 0.1) is 15.1 Å². The maximum absolute atomic E-state index is 12.6. The first-order valence-electron chi connectivity index (χ1n) is 6.74. The molecule has 1 heterocycles. The van der Waals surface area contributed by atoms with Crippen molar-refractivity contribution in [3.63, 3.8) is 0 Å². The summed E-state index contributed by atoms with van der Waals surface area (Å²) in [5.74, 6) is 0. The Hall–Kier alpha value is -2.72. The Balaban J connectivity index is 2.07. The quantitative estimate of drug-likeness (QED) is 0.566. The molecule has 0 unspecified atom stereocenters. The van der Waals surface area contributed by atoms with Crippen LogP contribution < -0.4 is 4.80 Å². The molecule has 0 aliphatic heterocycles. The van der Waals surface area contributed by atoms with Gasteiger partial charge in [0.1, 0.15) is 0 Å². The molecule has 8 nitrogen and oxygen atoms in total. The maximum atomic E-state index is 12.6. The van der Waals surface area contributed by atoms with E-state index in [4.69, 9.17) is 0 Å². The van der Waals surface area contributed by atoms with Gasteiger partial charge in [0.15, 0.2) is 4.90 Å². The molecule has 3 aromatic rings. The fourth-order valence-electron chi connectivity index (χ4n) is 2.10. The molecule has 0 aliphatic rings. The highest BCUT2D eigenvalue weighted by Gasteiger charge is 2.28. The Morgan fingerprint density at radius 3 is 2.54 bits per heavy atom. The molecular weight excluding hydrogens is 352 g/mol. The van der Waals surface area contributed by atoms with E-state index in [0.717, 1.165) is 20.7 Å². The second kappa shape index (κ2) is 6.06. The highest BCUT2D eigenvalue weighted by Crippen LogP contribution is 2.25. The van der Waals surface area contributed by atoms with Gasteiger partial charge in [-0.05, 0) is 18.2 Å². The van der Waals surface area contributed by atoms with Gasteiger partial charge in [-0.25, -0.2) is 0 Å². The van der Waals surface area contributed by atoms with Gasteiger partial charge in [0, 0.05) is 13.1 Å². The smallest absolute Gasteiger partial charge is 0.289 e. The highest BCUT2D eigenvalue weighted by molar-refractivity contribution is 7.89. The summed E-state index contributed by atoms with van der Waals surface area (Å²) in [6.07, 6.45) is 0. The lowest BCUT2D eigenvalue weighted by Gasteiger charge is -2.12. The van der Waals surface area contributed by atoms with E-state index in [1.165, 1.54) is 36.6 Å². The van der Waals surface area contributed by atoms with E-state index in [1.807, 2.05) is 24.3 Å². The Morgan fingerprint density at radius 1 is 1.17 bits per heavy atom. The number of aromatic amines is 1. The molecule has 0 fully saturated rings. The van der Waals surface area contributed by atoms with Crippen LogP contribution in [-0.2, 0) is 10.0 Å². The number of thiazole rings is 1. The minimum absolute atomic E-state index is 0.376. The molecule has 0 saturated heterocycles. The zero-order valence-electron chi connectivity index (χ0n) is 12.4. The van der Waals surface area contributed by atoms with Crippen LogP contribution in [0.5, 0.6) is 0 Å². The summed E-state index contributed by atoms with van der Waals surface area (Å²) >= 11 is 1.29. The Morgan fingerprint density at radius 2 is 1.83 bits per heavy atom. The van der Waals surface area contributed by atoms with Crippen LogP contribution >= 0.6 is 11.3 Å². The molecule has 2 aromatic carbocycles. The van der Waals surface area contributed by atoms with Gasteiger partial charge >= 0.3 is 0 Å². The molecule has 124 valence electrons. The van der Waals surface area contributed by atoms with Gasteiger partial charge in [0.2, 0.25) is 4.80 Å². The van der Waals surface area contributed by atoms with Crippen molar-refractivity contribution in [2.45, 2.75) is 4.90 Å². The molecule has 24 heavy (non-hydrogen) atoms. The molecule has 1 N–H and O–H groups in total. The number of sulfonamides is 1. The van der Waals surface area contributed by atoms with Gasteiger partial charge in [0.25, 0.3) is 15.7 Å². The van der Waals surface area contributed by atoms with Gasteiger partial charge in [-0.2, -0.15) is 12.8 Å². The number of nitro benzene ring substituents is 1. The van der Waals surface area contributed by atoms with E-state index in [-0.39, 0.29) is 0 Å². The standard InChI is InChI=1S/C14H12N4O4S2/c1-17(16-14-15-10-6-2-4-8-12(10)23-14)24(21,22)13-9-5-3-7-11(13)18(19)20/h2-9H,1H3,(H,15,16). The summed E-state index contributed by atoms with van der Waals surface area (Å²) in [4.78, 5) is 13.3. The van der Waals surface area contributed by atoms with Crippen LogP contribution in [0.1, 0.15) is 0 Å². The normalized spacial score (nSPS) is 12.5. The van der Waals surface area contributed by atoms with Crippen LogP contribution in [0.2, 0.25) is 0 Å². The van der Waals surface area contributed by atoms with Gasteiger partial charge in [-0.15, -0.1) is 5.10 Å². The molecule has 0 aliphatic carbocycles. The number of hydrogen-bond acceptors (Lipinski definition) is 6. The second-order valence-electron chi connectivity index (χ2n) is 4.79. The van der Waals surface area contributed by atoms with Gasteiger partial charge < -0.3 is 4.98 Å². The topological polar surface area (TPSA) is 109 Å². The lowest BCUT2D eigenvalue weighted by atomic mass is 10.3. The molecule has 3 rings (SSSR count). The van der Waals surface area contributed by atoms with Crippen molar-refractivity contribution < 1.29 is 13.3 Å². The van der Waals surface area contributed by atoms with Crippen LogP contribution in [0, 0.1) is 10.1 Å². The van der Waals surface area contributed by atoms with E-state index in [2.05, 4.69) is 10.1 Å². The summed E-state index contributed by atoms with van der Waals surface area (Å²) in [5.41, 5.74) is 0.345. The Kier molecular flexibility index (Phi) is 4.08. The van der Waals surface area contributed by atoms with E-state index < -0.39 is 25.5 Å². The molecule has 0 atom stereocenters. The predicted octanol–water partition coefficient (Wildman–Crippen LogP) is 2.27. The van der Waals surface area contributed by atoms with Crippen LogP contribution in [0.25, 0.3) is 10.2 Å². The summed E-state index contributed by atoms with van der Waals surface area (Å²) in [7, 11) is -2.90. The van der Waals surface area contributed by atoms with Crippen molar-refractivity contribution in [2.24, 2.45) is 5.10 Å². The van der Waals surface area contributed by atoms with Gasteiger partial charge in [-0.3, -0.25) is 10.1 Å². The van der Waals surface area contributed by atoms with Crippen molar-refractivity contribution in [1.82, 2.24) is 9.40 Å². The molecule has 0 spiro atoms. The molecule has 10 heteroatoms. The van der Waals surface area contributed by atoms with Crippen LogP contribution in [0.3, 0.4) is 0 Å². The van der Waals surface area contributed by atoms with E-state index >= 15 is 0 Å². The Bertz CT molecular complexity index is 1050. The number of H-pyrrole nitrogens is 1. The third-order valence-corrected chi connectivity index (χ3v) is 5.89. The van der Waals surface area contributed by atoms with E-state index in [1.54, 1.807) is 0 Å². The maximum Gasteiger partial charge on any atom is 0.289 e. The lowest BCUT2D eigenvalue weighted by Crippen LogP contribution is -2.25. The predicted molar refractivity (Wildman–Crippen MR) is 89.8 cm³/mol. The zero-order chi connectivity index (χ0) is 17.3. The van der Waals surface area contributed by atoms with Crippen molar-refractivity contribution in [2.75, 3.05) is 7.05 Å². The van der Waals surface area contributed by atoms with E-state index in [0.29, 0.717) is 4.80 Å². The monoisotopic (exact) mass is 364 g/mol. The van der Waals surface area contributed by atoms with Gasteiger partial charge in [-0.1, -0.05) is 35.6 Å². The van der Waals surface area contributed by atoms with Crippen molar-refractivity contribution in [1.29, 1.82) is 0 Å². The molecule has 0 radical (unpaired) electrons. The summed E-state index contributed by atoms with van der Waals surface area (Å²) < 4.78 is 26.8. The number of benzene rings is 2. The summed E-state index contributed by atoms with van der Waals surface area (Å²) in [5, 5.41) is 15.1. The molecule has 0 saturated carbocycles. The first-order chi connectivity index (χ1) is 11.4. The fourth-order valence-corrected chi connectivity index (χ4v) is 4.19. The average Bonchev–Trinajstić information content (AvgIpc) is 2.97. The van der Waals surface area contributed by atoms with Crippen LogP contribution in [0.4, 0.5) is 5.69 Å². The number of rotatable bonds is 4. The zero-order valence-corrected chi connectivity index (χ0v) is 14.0. The Labute approximate surface area is 140 Å². The largest absolute Gasteiger partial charge is 0.329 e. The highest BCUT2D eigenvalue weighted by atomic mass is 32.2. The molecule has 1 aromatic heterocycles. The third kappa shape index (κ3) is 2.88. The SMILES string of the molecule is CN(N=c1[nH]c2ccccc2s1)S(=O)(=O)c1ccccc1[N+](=O)[O-]. The summed E-state index contributed by atoms with van der Waals surface area (Å²) in [6, 6.07) is 12.6. The number of nitro groups is 1.